The van der Waals surface area contributed by atoms with E-state index in [0.29, 0.717) is 12.2 Å². The minimum absolute atomic E-state index is 0.0535. The van der Waals surface area contributed by atoms with Gasteiger partial charge < -0.3 is 9.42 Å². The molecule has 1 fully saturated rings. The van der Waals surface area contributed by atoms with Crippen LogP contribution in [-0.4, -0.2) is 37.3 Å². The molecule has 3 aromatic rings. The normalized spacial score (nSPS) is 17.6. The molecule has 0 aromatic carbocycles. The van der Waals surface area contributed by atoms with Crippen molar-refractivity contribution in [2.75, 3.05) is 6.54 Å². The van der Waals surface area contributed by atoms with Crippen LogP contribution in [0.3, 0.4) is 0 Å². The molecule has 0 N–H and O–H groups in total. The van der Waals surface area contributed by atoms with Crippen LogP contribution in [0, 0.1) is 6.92 Å². The Morgan fingerprint density at radius 1 is 1.46 bits per heavy atom. The van der Waals surface area contributed by atoms with Crippen molar-refractivity contribution in [2.24, 2.45) is 7.05 Å². The van der Waals surface area contributed by atoms with Crippen LogP contribution >= 0.6 is 11.3 Å². The van der Waals surface area contributed by atoms with Gasteiger partial charge in [0.15, 0.2) is 5.76 Å². The molecule has 0 radical (unpaired) electrons. The molecule has 8 heteroatoms. The van der Waals surface area contributed by atoms with Crippen molar-refractivity contribution in [2.45, 2.75) is 25.8 Å². The molecular weight excluding hydrogens is 326 g/mol. The molecule has 1 atom stereocenters. The van der Waals surface area contributed by atoms with Crippen molar-refractivity contribution in [3.8, 4) is 10.6 Å². The Hall–Kier alpha value is -2.48. The fraction of sp³-hybridized carbons (Fsp3) is 0.375. The topological polar surface area (TPSA) is 77.0 Å². The smallest absolute Gasteiger partial charge is 0.273 e. The number of likely N-dealkylation sites (tertiary alicyclic amines) is 1. The summed E-state index contributed by atoms with van der Waals surface area (Å²) in [6.07, 6.45) is 5.49. The number of nitrogens with zero attached hydrogens (tertiary/aromatic N) is 5. The number of aryl methyl sites for hydroxylation is 2. The molecule has 7 nitrogen and oxygen atoms in total. The Labute approximate surface area is 142 Å². The molecule has 124 valence electrons. The van der Waals surface area contributed by atoms with E-state index in [-0.39, 0.29) is 11.9 Å². The van der Waals surface area contributed by atoms with Crippen LogP contribution in [0.15, 0.2) is 28.4 Å². The first kappa shape index (κ1) is 15.1. The number of rotatable bonds is 3. The zero-order chi connectivity index (χ0) is 16.7. The summed E-state index contributed by atoms with van der Waals surface area (Å²) in [5.74, 6) is 0.694. The summed E-state index contributed by atoms with van der Waals surface area (Å²) >= 11 is 1.46. The van der Waals surface area contributed by atoms with Gasteiger partial charge in [0.05, 0.1) is 17.9 Å². The third-order valence-electron chi connectivity index (χ3n) is 4.16. The average molecular weight is 343 g/mol. The fourth-order valence-electron chi connectivity index (χ4n) is 3.03. The van der Waals surface area contributed by atoms with E-state index in [2.05, 4.69) is 15.2 Å². The molecular formula is C16H17N5O2S. The molecule has 0 bridgehead atoms. The highest BCUT2D eigenvalue weighted by Crippen LogP contribution is 2.34. The summed E-state index contributed by atoms with van der Waals surface area (Å²) in [6, 6.07) is 1.85. The summed E-state index contributed by atoms with van der Waals surface area (Å²) in [4.78, 5) is 19.2. The monoisotopic (exact) mass is 343 g/mol. The molecule has 1 amide bonds. The second-order valence-electron chi connectivity index (χ2n) is 5.97. The van der Waals surface area contributed by atoms with Crippen LogP contribution in [0.5, 0.6) is 0 Å². The Morgan fingerprint density at radius 2 is 2.33 bits per heavy atom. The zero-order valence-electron chi connectivity index (χ0n) is 13.5. The maximum atomic E-state index is 12.9. The van der Waals surface area contributed by atoms with Crippen molar-refractivity contribution in [3.05, 3.63) is 41.0 Å². The van der Waals surface area contributed by atoms with E-state index >= 15 is 0 Å². The van der Waals surface area contributed by atoms with E-state index in [1.807, 2.05) is 36.5 Å². The average Bonchev–Trinajstić information content (AvgIpc) is 3.33. The van der Waals surface area contributed by atoms with E-state index in [4.69, 9.17) is 4.52 Å². The predicted octanol–water partition coefficient (Wildman–Crippen LogP) is 2.82. The predicted molar refractivity (Wildman–Crippen MR) is 88.6 cm³/mol. The molecule has 1 aliphatic rings. The van der Waals surface area contributed by atoms with Crippen LogP contribution in [0.1, 0.15) is 40.8 Å². The van der Waals surface area contributed by atoms with E-state index < -0.39 is 0 Å². The Bertz CT molecular complexity index is 881. The van der Waals surface area contributed by atoms with Gasteiger partial charge in [-0.05, 0) is 19.8 Å². The van der Waals surface area contributed by atoms with E-state index in [0.717, 1.165) is 34.9 Å². The molecule has 0 spiro atoms. The lowest BCUT2D eigenvalue weighted by Crippen LogP contribution is -2.30. The van der Waals surface area contributed by atoms with Gasteiger partial charge in [0, 0.05) is 36.8 Å². The first-order chi connectivity index (χ1) is 11.6. The Kier molecular flexibility index (Phi) is 3.68. The number of aromatic nitrogens is 4. The summed E-state index contributed by atoms with van der Waals surface area (Å²) in [6.45, 7) is 2.59. The van der Waals surface area contributed by atoms with Crippen LogP contribution in [-0.2, 0) is 7.05 Å². The molecule has 4 rings (SSSR count). The van der Waals surface area contributed by atoms with Crippen molar-refractivity contribution >= 4 is 17.2 Å². The first-order valence-corrected chi connectivity index (χ1v) is 8.68. The highest BCUT2D eigenvalue weighted by atomic mass is 32.1. The summed E-state index contributed by atoms with van der Waals surface area (Å²) < 4.78 is 7.09. The SMILES string of the molecule is Cc1cc([C@H]2CCCN2C(=O)c2csc(-c3cnn(C)c3)n2)on1. The number of amides is 1. The molecule has 0 unspecified atom stereocenters. The second-order valence-corrected chi connectivity index (χ2v) is 6.83. The largest absolute Gasteiger partial charge is 0.359 e. The maximum absolute atomic E-state index is 12.9. The molecule has 3 aromatic heterocycles. The minimum atomic E-state index is -0.0575. The molecule has 4 heterocycles. The molecule has 0 aliphatic carbocycles. The number of hydrogen-bond donors (Lipinski definition) is 0. The van der Waals surface area contributed by atoms with Gasteiger partial charge in [0.1, 0.15) is 10.7 Å². The molecule has 24 heavy (non-hydrogen) atoms. The van der Waals surface area contributed by atoms with E-state index in [9.17, 15) is 4.79 Å². The molecule has 1 aliphatic heterocycles. The summed E-state index contributed by atoms with van der Waals surface area (Å²) in [5, 5.41) is 10.7. The standard InChI is InChI=1S/C16H17N5O2S/c1-10-6-14(23-19-10)13-4-3-5-21(13)16(22)12-9-24-15(18-12)11-7-17-20(2)8-11/h6-9,13H,3-5H2,1-2H3/t13-/m1/s1. The third-order valence-corrected chi connectivity index (χ3v) is 5.05. The maximum Gasteiger partial charge on any atom is 0.273 e. The fourth-order valence-corrected chi connectivity index (χ4v) is 3.80. The van der Waals surface area contributed by atoms with Gasteiger partial charge in [-0.1, -0.05) is 5.16 Å². The van der Waals surface area contributed by atoms with Crippen LogP contribution in [0.4, 0.5) is 0 Å². The van der Waals surface area contributed by atoms with E-state index in [1.165, 1.54) is 11.3 Å². The van der Waals surface area contributed by atoms with Crippen molar-refractivity contribution in [1.29, 1.82) is 0 Å². The number of hydrogen-bond acceptors (Lipinski definition) is 6. The third kappa shape index (κ3) is 2.62. The van der Waals surface area contributed by atoms with Gasteiger partial charge in [-0.25, -0.2) is 4.98 Å². The highest BCUT2D eigenvalue weighted by molar-refractivity contribution is 7.13. The minimum Gasteiger partial charge on any atom is -0.359 e. The van der Waals surface area contributed by atoms with Gasteiger partial charge in [-0.15, -0.1) is 11.3 Å². The Balaban J connectivity index is 1.58. The van der Waals surface area contributed by atoms with Crippen LogP contribution in [0.2, 0.25) is 0 Å². The van der Waals surface area contributed by atoms with Gasteiger partial charge in [0.25, 0.3) is 5.91 Å². The van der Waals surface area contributed by atoms with Gasteiger partial charge in [-0.2, -0.15) is 5.10 Å². The van der Waals surface area contributed by atoms with Crippen molar-refractivity contribution in [1.82, 2.24) is 24.8 Å². The second kappa shape index (κ2) is 5.86. The van der Waals surface area contributed by atoms with Gasteiger partial charge in [0.2, 0.25) is 0 Å². The quantitative estimate of drug-likeness (QED) is 0.731. The summed E-state index contributed by atoms with van der Waals surface area (Å²) in [7, 11) is 1.86. The number of carbonyl (C=O) groups excluding carboxylic acids is 1. The zero-order valence-corrected chi connectivity index (χ0v) is 14.3. The Morgan fingerprint density at radius 3 is 3.04 bits per heavy atom. The van der Waals surface area contributed by atoms with Crippen molar-refractivity contribution < 1.29 is 9.32 Å². The molecule has 0 saturated carbocycles. The van der Waals surface area contributed by atoms with Crippen molar-refractivity contribution in [3.63, 3.8) is 0 Å². The molecule has 1 saturated heterocycles. The van der Waals surface area contributed by atoms with Crippen LogP contribution in [0.25, 0.3) is 10.6 Å². The lowest BCUT2D eigenvalue weighted by Gasteiger charge is -2.21. The van der Waals surface area contributed by atoms with Crippen LogP contribution < -0.4 is 0 Å². The highest BCUT2D eigenvalue weighted by Gasteiger charge is 2.34. The number of thiazole rings is 1. The first-order valence-electron chi connectivity index (χ1n) is 7.80. The van der Waals surface area contributed by atoms with Gasteiger partial charge in [-0.3, -0.25) is 9.48 Å². The van der Waals surface area contributed by atoms with E-state index in [1.54, 1.807) is 10.9 Å². The number of carbonyl (C=O) groups is 1. The lowest BCUT2D eigenvalue weighted by molar-refractivity contribution is 0.0709. The van der Waals surface area contributed by atoms with Gasteiger partial charge >= 0.3 is 0 Å². The summed E-state index contributed by atoms with van der Waals surface area (Å²) in [5.41, 5.74) is 2.23. The lowest BCUT2D eigenvalue weighted by atomic mass is 10.1.